The maximum Gasteiger partial charge on any atom is 0.321 e. The molecule has 0 aliphatic carbocycles. The third-order valence-corrected chi connectivity index (χ3v) is 3.97. The van der Waals surface area contributed by atoms with Gasteiger partial charge in [-0.2, -0.15) is 15.0 Å². The van der Waals surface area contributed by atoms with Gasteiger partial charge in [0.05, 0.1) is 7.11 Å². The Bertz CT molecular complexity index is 828. The van der Waals surface area contributed by atoms with E-state index in [2.05, 4.69) is 25.0 Å². The van der Waals surface area contributed by atoms with E-state index >= 15 is 0 Å². The summed E-state index contributed by atoms with van der Waals surface area (Å²) in [6, 6.07) is 11.9. The van der Waals surface area contributed by atoms with Crippen LogP contribution in [0.25, 0.3) is 22.8 Å². The summed E-state index contributed by atoms with van der Waals surface area (Å²) in [7, 11) is 1.55. The summed E-state index contributed by atoms with van der Waals surface area (Å²) in [5.41, 5.74) is 1.52. The van der Waals surface area contributed by atoms with E-state index in [1.807, 2.05) is 36.4 Å². The average Bonchev–Trinajstić information content (AvgIpc) is 3.34. The summed E-state index contributed by atoms with van der Waals surface area (Å²) in [5.74, 6) is 1.75. The van der Waals surface area contributed by atoms with Crippen molar-refractivity contribution in [3.05, 3.63) is 36.4 Å². The molecule has 1 aromatic carbocycles. The van der Waals surface area contributed by atoms with Gasteiger partial charge < -0.3 is 14.2 Å². The zero-order chi connectivity index (χ0) is 16.4. The maximum absolute atomic E-state index is 5.44. The van der Waals surface area contributed by atoms with E-state index in [0.29, 0.717) is 23.2 Å². The quantitative estimate of drug-likeness (QED) is 0.730. The minimum absolute atomic E-state index is 0.283. The van der Waals surface area contributed by atoms with Crippen molar-refractivity contribution < 1.29 is 9.26 Å². The summed E-state index contributed by atoms with van der Waals surface area (Å²) in [5, 5.41) is 4.10. The van der Waals surface area contributed by atoms with Crippen molar-refractivity contribution in [3.63, 3.8) is 0 Å². The van der Waals surface area contributed by atoms with Gasteiger partial charge in [-0.25, -0.2) is 0 Å². The van der Waals surface area contributed by atoms with E-state index in [1.54, 1.807) is 7.11 Å². The van der Waals surface area contributed by atoms with Crippen LogP contribution < -0.4 is 9.64 Å². The molecule has 0 saturated carbocycles. The van der Waals surface area contributed by atoms with Gasteiger partial charge in [-0.05, 0) is 12.8 Å². The second kappa shape index (κ2) is 6.27. The number of benzene rings is 1. The van der Waals surface area contributed by atoms with E-state index < -0.39 is 0 Å². The van der Waals surface area contributed by atoms with Crippen molar-refractivity contribution in [1.82, 2.24) is 20.1 Å². The van der Waals surface area contributed by atoms with Crippen molar-refractivity contribution in [1.29, 1.82) is 0 Å². The minimum Gasteiger partial charge on any atom is -0.467 e. The third kappa shape index (κ3) is 2.80. The van der Waals surface area contributed by atoms with E-state index in [-0.39, 0.29) is 6.01 Å². The number of methoxy groups -OCH3 is 1. The van der Waals surface area contributed by atoms with Crippen LogP contribution in [0.15, 0.2) is 40.9 Å². The molecule has 1 aliphatic heterocycles. The van der Waals surface area contributed by atoms with Crippen molar-refractivity contribution in [3.8, 4) is 28.9 Å². The third-order valence-electron chi connectivity index (χ3n) is 3.97. The first-order valence-electron chi connectivity index (χ1n) is 7.91. The number of rotatable bonds is 4. The van der Waals surface area contributed by atoms with Gasteiger partial charge >= 0.3 is 6.01 Å². The van der Waals surface area contributed by atoms with E-state index in [9.17, 15) is 0 Å². The Labute approximate surface area is 139 Å². The molecule has 122 valence electrons. The van der Waals surface area contributed by atoms with Gasteiger partial charge in [0.2, 0.25) is 5.95 Å². The molecule has 3 heterocycles. The molecule has 0 atom stereocenters. The molecule has 4 rings (SSSR count). The van der Waals surface area contributed by atoms with Crippen molar-refractivity contribution in [2.24, 2.45) is 0 Å². The summed E-state index contributed by atoms with van der Waals surface area (Å²) in [6.45, 7) is 1.89. The van der Waals surface area contributed by atoms with Gasteiger partial charge in [0.1, 0.15) is 0 Å². The fourth-order valence-corrected chi connectivity index (χ4v) is 2.73. The molecule has 0 unspecified atom stereocenters. The Morgan fingerprint density at radius 3 is 2.58 bits per heavy atom. The van der Waals surface area contributed by atoms with Crippen molar-refractivity contribution in [2.75, 3.05) is 25.1 Å². The lowest BCUT2D eigenvalue weighted by Crippen LogP contribution is -2.21. The summed E-state index contributed by atoms with van der Waals surface area (Å²) >= 11 is 0. The molecule has 7 nitrogen and oxygen atoms in total. The second-order valence-electron chi connectivity index (χ2n) is 5.58. The number of ether oxygens (including phenoxy) is 1. The zero-order valence-electron chi connectivity index (χ0n) is 13.3. The highest BCUT2D eigenvalue weighted by molar-refractivity contribution is 5.63. The fourth-order valence-electron chi connectivity index (χ4n) is 2.73. The van der Waals surface area contributed by atoms with Gasteiger partial charge in [0.25, 0.3) is 0 Å². The lowest BCUT2D eigenvalue weighted by Gasteiger charge is -2.15. The first-order valence-corrected chi connectivity index (χ1v) is 7.91. The SMILES string of the molecule is COc1nc(-c2cc(-c3ccccc3)on2)nc(N2CCCC2)n1. The highest BCUT2D eigenvalue weighted by Crippen LogP contribution is 2.26. The summed E-state index contributed by atoms with van der Waals surface area (Å²) in [4.78, 5) is 15.3. The molecule has 0 amide bonds. The van der Waals surface area contributed by atoms with Crippen LogP contribution in [0.3, 0.4) is 0 Å². The van der Waals surface area contributed by atoms with Crippen LogP contribution in [0.1, 0.15) is 12.8 Å². The summed E-state index contributed by atoms with van der Waals surface area (Å²) < 4.78 is 10.7. The Hall–Kier alpha value is -2.96. The van der Waals surface area contributed by atoms with Crippen LogP contribution in [-0.2, 0) is 0 Å². The largest absolute Gasteiger partial charge is 0.467 e. The Morgan fingerprint density at radius 1 is 1.04 bits per heavy atom. The number of hydrogen-bond acceptors (Lipinski definition) is 7. The van der Waals surface area contributed by atoms with Crippen LogP contribution in [0, 0.1) is 0 Å². The molecule has 0 radical (unpaired) electrons. The first kappa shape index (κ1) is 14.6. The summed E-state index contributed by atoms with van der Waals surface area (Å²) in [6.07, 6.45) is 2.29. The lowest BCUT2D eigenvalue weighted by molar-refractivity contribution is 0.378. The number of aromatic nitrogens is 4. The lowest BCUT2D eigenvalue weighted by atomic mass is 10.1. The highest BCUT2D eigenvalue weighted by Gasteiger charge is 2.20. The van der Waals surface area contributed by atoms with Gasteiger partial charge in [0, 0.05) is 24.7 Å². The normalized spacial score (nSPS) is 14.1. The molecule has 0 N–H and O–H groups in total. The fraction of sp³-hybridized carbons (Fsp3) is 0.294. The van der Waals surface area contributed by atoms with Gasteiger partial charge in [-0.15, -0.1) is 0 Å². The highest BCUT2D eigenvalue weighted by atomic mass is 16.5. The number of nitrogens with zero attached hydrogens (tertiary/aromatic N) is 5. The first-order chi connectivity index (χ1) is 11.8. The van der Waals surface area contributed by atoms with Gasteiger partial charge in [0.15, 0.2) is 17.3 Å². The molecule has 3 aromatic rings. The predicted octanol–water partition coefficient (Wildman–Crippen LogP) is 2.80. The standard InChI is InChI=1S/C17H17N5O2/c1-23-17-19-15(18-16(20-17)22-9-5-6-10-22)13-11-14(24-21-13)12-7-3-2-4-8-12/h2-4,7-8,11H,5-6,9-10H2,1H3. The second-order valence-corrected chi connectivity index (χ2v) is 5.58. The molecule has 1 aliphatic rings. The van der Waals surface area contributed by atoms with E-state index in [4.69, 9.17) is 9.26 Å². The number of hydrogen-bond donors (Lipinski definition) is 0. The van der Waals surface area contributed by atoms with Crippen LogP contribution in [0.5, 0.6) is 6.01 Å². The molecule has 0 spiro atoms. The van der Waals surface area contributed by atoms with Gasteiger partial charge in [-0.3, -0.25) is 0 Å². The van der Waals surface area contributed by atoms with Crippen LogP contribution in [-0.4, -0.2) is 40.3 Å². The zero-order valence-corrected chi connectivity index (χ0v) is 13.3. The van der Waals surface area contributed by atoms with Gasteiger partial charge in [-0.1, -0.05) is 35.5 Å². The molecule has 7 heteroatoms. The molecule has 2 aromatic heterocycles. The van der Waals surface area contributed by atoms with E-state index in [0.717, 1.165) is 31.5 Å². The smallest absolute Gasteiger partial charge is 0.321 e. The van der Waals surface area contributed by atoms with Crippen molar-refractivity contribution >= 4 is 5.95 Å². The predicted molar refractivity (Wildman–Crippen MR) is 88.8 cm³/mol. The number of anilines is 1. The Kier molecular flexibility index (Phi) is 3.82. The Balaban J connectivity index is 1.71. The molecule has 0 bridgehead atoms. The molecule has 24 heavy (non-hydrogen) atoms. The molecule has 1 fully saturated rings. The Morgan fingerprint density at radius 2 is 1.83 bits per heavy atom. The minimum atomic E-state index is 0.283. The molecule has 1 saturated heterocycles. The van der Waals surface area contributed by atoms with Crippen LogP contribution in [0.2, 0.25) is 0 Å². The maximum atomic E-state index is 5.44. The molecular weight excluding hydrogens is 306 g/mol. The monoisotopic (exact) mass is 323 g/mol. The molecular formula is C17H17N5O2. The topological polar surface area (TPSA) is 77.2 Å². The van der Waals surface area contributed by atoms with E-state index in [1.165, 1.54) is 0 Å². The van der Waals surface area contributed by atoms with Crippen LogP contribution in [0.4, 0.5) is 5.95 Å². The van der Waals surface area contributed by atoms with Crippen LogP contribution >= 0.6 is 0 Å². The average molecular weight is 323 g/mol. The van der Waals surface area contributed by atoms with Crippen molar-refractivity contribution in [2.45, 2.75) is 12.8 Å².